The Hall–Kier alpha value is -2.44. The van der Waals surface area contributed by atoms with Crippen molar-refractivity contribution >= 4 is 33.3 Å². The molecular formula is C23H21FN2OS2. The van der Waals surface area contributed by atoms with Crippen molar-refractivity contribution in [2.75, 3.05) is 0 Å². The van der Waals surface area contributed by atoms with Gasteiger partial charge >= 0.3 is 0 Å². The van der Waals surface area contributed by atoms with Gasteiger partial charge in [-0.25, -0.2) is 9.37 Å². The third kappa shape index (κ3) is 4.28. The zero-order valence-electron chi connectivity index (χ0n) is 16.3. The zero-order chi connectivity index (χ0) is 20.4. The summed E-state index contributed by atoms with van der Waals surface area (Å²) >= 11 is 3.02. The van der Waals surface area contributed by atoms with Crippen LogP contribution in [-0.4, -0.2) is 9.55 Å². The van der Waals surface area contributed by atoms with Crippen molar-refractivity contribution in [3.63, 3.8) is 0 Å². The maximum absolute atomic E-state index is 13.2. The number of thioether (sulfide) groups is 1. The van der Waals surface area contributed by atoms with Crippen molar-refractivity contribution in [2.45, 2.75) is 37.7 Å². The van der Waals surface area contributed by atoms with Gasteiger partial charge in [0.2, 0.25) is 0 Å². The van der Waals surface area contributed by atoms with Crippen LogP contribution in [-0.2, 0) is 12.3 Å². The van der Waals surface area contributed by atoms with Crippen LogP contribution in [0.15, 0.2) is 64.5 Å². The third-order valence-electron chi connectivity index (χ3n) is 4.66. The van der Waals surface area contributed by atoms with Crippen LogP contribution >= 0.6 is 23.1 Å². The van der Waals surface area contributed by atoms with Gasteiger partial charge in [-0.15, -0.1) is 11.3 Å². The van der Waals surface area contributed by atoms with Crippen LogP contribution in [0.3, 0.4) is 0 Å². The van der Waals surface area contributed by atoms with Crippen LogP contribution in [0.25, 0.3) is 20.7 Å². The molecule has 148 valence electrons. The topological polar surface area (TPSA) is 34.9 Å². The summed E-state index contributed by atoms with van der Waals surface area (Å²) in [6, 6.07) is 16.8. The lowest BCUT2D eigenvalue weighted by Gasteiger charge is -2.10. The number of thiophene rings is 1. The van der Waals surface area contributed by atoms with Crippen molar-refractivity contribution in [1.29, 1.82) is 0 Å². The molecule has 6 heteroatoms. The average Bonchev–Trinajstić information content (AvgIpc) is 3.15. The van der Waals surface area contributed by atoms with Gasteiger partial charge in [0.15, 0.2) is 5.16 Å². The maximum atomic E-state index is 13.2. The number of benzene rings is 2. The van der Waals surface area contributed by atoms with E-state index in [1.807, 2.05) is 6.07 Å². The molecule has 2 aromatic carbocycles. The van der Waals surface area contributed by atoms with E-state index < -0.39 is 0 Å². The lowest BCUT2D eigenvalue weighted by Crippen LogP contribution is -2.22. The SMILES string of the molecule is CCCn1c(SCc2ccc(F)cc2)nc2cc(-c3ccc(C)cc3)sc2c1=O. The Morgan fingerprint density at radius 2 is 1.83 bits per heavy atom. The molecule has 0 radical (unpaired) electrons. The van der Waals surface area contributed by atoms with Crippen molar-refractivity contribution < 1.29 is 4.39 Å². The molecule has 2 heterocycles. The van der Waals surface area contributed by atoms with Gasteiger partial charge in [-0.2, -0.15) is 0 Å². The van der Waals surface area contributed by atoms with E-state index in [0.717, 1.165) is 27.9 Å². The minimum Gasteiger partial charge on any atom is -0.286 e. The molecule has 0 aliphatic carbocycles. The summed E-state index contributed by atoms with van der Waals surface area (Å²) in [6.45, 7) is 4.74. The van der Waals surface area contributed by atoms with E-state index in [1.165, 1.54) is 40.8 Å². The smallest absolute Gasteiger partial charge is 0.272 e. The highest BCUT2D eigenvalue weighted by Crippen LogP contribution is 2.32. The number of hydrogen-bond acceptors (Lipinski definition) is 4. The van der Waals surface area contributed by atoms with Crippen molar-refractivity contribution in [2.24, 2.45) is 0 Å². The summed E-state index contributed by atoms with van der Waals surface area (Å²) in [7, 11) is 0. The molecule has 4 rings (SSSR count). The molecule has 0 unspecified atom stereocenters. The number of aryl methyl sites for hydroxylation is 1. The molecule has 0 saturated heterocycles. The number of hydrogen-bond donors (Lipinski definition) is 0. The first-order chi connectivity index (χ1) is 14.0. The second-order valence-electron chi connectivity index (χ2n) is 6.96. The minimum absolute atomic E-state index is 0.0156. The first-order valence-electron chi connectivity index (χ1n) is 9.54. The summed E-state index contributed by atoms with van der Waals surface area (Å²) < 4.78 is 15.6. The predicted octanol–water partition coefficient (Wildman–Crippen LogP) is 6.27. The lowest BCUT2D eigenvalue weighted by atomic mass is 10.1. The Morgan fingerprint density at radius 3 is 2.52 bits per heavy atom. The summed E-state index contributed by atoms with van der Waals surface area (Å²) in [4.78, 5) is 19.0. The molecule has 0 bridgehead atoms. The van der Waals surface area contributed by atoms with E-state index in [9.17, 15) is 9.18 Å². The predicted molar refractivity (Wildman–Crippen MR) is 120 cm³/mol. The molecule has 0 aliphatic rings. The summed E-state index contributed by atoms with van der Waals surface area (Å²) in [5, 5.41) is 0.710. The van der Waals surface area contributed by atoms with Crippen LogP contribution in [0.1, 0.15) is 24.5 Å². The molecular weight excluding hydrogens is 403 g/mol. The van der Waals surface area contributed by atoms with Gasteiger partial charge in [-0.05, 0) is 42.7 Å². The summed E-state index contributed by atoms with van der Waals surface area (Å²) in [6.07, 6.45) is 0.855. The maximum Gasteiger partial charge on any atom is 0.272 e. The number of nitrogens with zero attached hydrogens (tertiary/aromatic N) is 2. The Labute approximate surface area is 177 Å². The minimum atomic E-state index is -0.247. The molecule has 0 N–H and O–H groups in total. The molecule has 0 saturated carbocycles. The Kier molecular flexibility index (Phi) is 5.83. The van der Waals surface area contributed by atoms with Gasteiger partial charge in [-0.3, -0.25) is 9.36 Å². The van der Waals surface area contributed by atoms with Crippen LogP contribution in [0.2, 0.25) is 0 Å². The highest BCUT2D eigenvalue weighted by atomic mass is 32.2. The fourth-order valence-corrected chi connectivity index (χ4v) is 5.14. The summed E-state index contributed by atoms with van der Waals surface area (Å²) in [5.41, 5.74) is 4.06. The molecule has 29 heavy (non-hydrogen) atoms. The van der Waals surface area contributed by atoms with Crippen LogP contribution in [0, 0.1) is 12.7 Å². The molecule has 0 amide bonds. The Balaban J connectivity index is 1.72. The monoisotopic (exact) mass is 424 g/mol. The van der Waals surface area contributed by atoms with Gasteiger partial charge in [0, 0.05) is 17.2 Å². The molecule has 3 nitrogen and oxygen atoms in total. The molecule has 0 aliphatic heterocycles. The largest absolute Gasteiger partial charge is 0.286 e. The number of fused-ring (bicyclic) bond motifs is 1. The molecule has 0 atom stereocenters. The van der Waals surface area contributed by atoms with Crippen LogP contribution in [0.4, 0.5) is 4.39 Å². The van der Waals surface area contributed by atoms with E-state index in [1.54, 1.807) is 16.7 Å². The molecule has 4 aromatic rings. The summed E-state index contributed by atoms with van der Waals surface area (Å²) in [5.74, 6) is 0.389. The first-order valence-corrected chi connectivity index (χ1v) is 11.3. The third-order valence-corrected chi connectivity index (χ3v) is 6.87. The normalized spacial score (nSPS) is 11.3. The van der Waals surface area contributed by atoms with Crippen molar-refractivity contribution in [3.8, 4) is 10.4 Å². The zero-order valence-corrected chi connectivity index (χ0v) is 17.9. The Morgan fingerprint density at radius 1 is 1.10 bits per heavy atom. The van der Waals surface area contributed by atoms with Gasteiger partial charge in [0.25, 0.3) is 5.56 Å². The van der Waals surface area contributed by atoms with E-state index in [0.29, 0.717) is 22.2 Å². The van der Waals surface area contributed by atoms with E-state index >= 15 is 0 Å². The molecule has 0 fully saturated rings. The standard InChI is InChI=1S/C23H21FN2OS2/c1-3-12-26-22(27)21-19(13-20(29-21)17-8-4-15(2)5-9-17)25-23(26)28-14-16-6-10-18(24)11-7-16/h4-11,13H,3,12,14H2,1-2H3. The average molecular weight is 425 g/mol. The first kappa shape index (κ1) is 19.9. The van der Waals surface area contributed by atoms with E-state index in [4.69, 9.17) is 4.98 Å². The fourth-order valence-electron chi connectivity index (χ4n) is 3.11. The van der Waals surface area contributed by atoms with Gasteiger partial charge < -0.3 is 0 Å². The molecule has 0 spiro atoms. The number of halogens is 1. The van der Waals surface area contributed by atoms with E-state index in [2.05, 4.69) is 38.1 Å². The van der Waals surface area contributed by atoms with Gasteiger partial charge in [-0.1, -0.05) is 60.6 Å². The quantitative estimate of drug-likeness (QED) is 0.270. The fraction of sp³-hybridized carbons (Fsp3) is 0.217. The van der Waals surface area contributed by atoms with E-state index in [-0.39, 0.29) is 11.4 Å². The Bertz CT molecular complexity index is 1190. The second kappa shape index (κ2) is 8.51. The van der Waals surface area contributed by atoms with Gasteiger partial charge in [0.05, 0.1) is 5.52 Å². The highest BCUT2D eigenvalue weighted by Gasteiger charge is 2.15. The van der Waals surface area contributed by atoms with Crippen LogP contribution in [0.5, 0.6) is 0 Å². The van der Waals surface area contributed by atoms with Crippen LogP contribution < -0.4 is 5.56 Å². The van der Waals surface area contributed by atoms with Crippen molar-refractivity contribution in [1.82, 2.24) is 9.55 Å². The lowest BCUT2D eigenvalue weighted by molar-refractivity contribution is 0.585. The second-order valence-corrected chi connectivity index (χ2v) is 8.95. The number of aromatic nitrogens is 2. The van der Waals surface area contributed by atoms with Crippen molar-refractivity contribution in [3.05, 3.63) is 81.9 Å². The highest BCUT2D eigenvalue weighted by molar-refractivity contribution is 7.98. The molecule has 2 aromatic heterocycles. The van der Waals surface area contributed by atoms with Gasteiger partial charge in [0.1, 0.15) is 10.5 Å². The number of rotatable bonds is 6.